The van der Waals surface area contributed by atoms with Gasteiger partial charge in [-0.1, -0.05) is 0 Å². The van der Waals surface area contributed by atoms with Gasteiger partial charge in [-0.25, -0.2) is 4.79 Å². The van der Waals surface area contributed by atoms with Crippen molar-refractivity contribution in [2.75, 3.05) is 92.0 Å². The fourth-order valence-electron chi connectivity index (χ4n) is 2.80. The molecule has 0 aliphatic heterocycles. The van der Waals surface area contributed by atoms with Crippen LogP contribution in [-0.2, 0) is 50.5 Å². The smallest absolute Gasteiger partial charge is 1.00 e. The van der Waals surface area contributed by atoms with Crippen LogP contribution in [0.25, 0.3) is 0 Å². The van der Waals surface area contributed by atoms with Crippen LogP contribution in [0, 0.1) is 0 Å². The van der Waals surface area contributed by atoms with Crippen molar-refractivity contribution in [3.05, 3.63) is 0 Å². The summed E-state index contributed by atoms with van der Waals surface area (Å²) in [4.78, 5) is 9.00. The molecule has 0 heterocycles. The molecule has 60 heavy (non-hydrogen) atoms. The molecule has 0 saturated heterocycles. The second kappa shape index (κ2) is 78.6. The van der Waals surface area contributed by atoms with Crippen LogP contribution >= 0.6 is 118 Å². The van der Waals surface area contributed by atoms with Crippen LogP contribution in [0.1, 0.15) is 0 Å². The van der Waals surface area contributed by atoms with Crippen LogP contribution in [0.4, 0.5) is 4.79 Å². The van der Waals surface area contributed by atoms with Crippen molar-refractivity contribution in [3.63, 3.8) is 0 Å². The Hall–Kier alpha value is 8.17. The van der Waals surface area contributed by atoms with Crippen molar-refractivity contribution in [2.45, 2.75) is 21.0 Å². The number of amidine groups is 4. The molecule has 0 spiro atoms. The van der Waals surface area contributed by atoms with E-state index < -0.39 is 6.03 Å². The van der Waals surface area contributed by atoms with Gasteiger partial charge in [0.05, 0.1) is 0 Å². The van der Waals surface area contributed by atoms with E-state index in [2.05, 4.69) is 11.5 Å². The first-order valence-corrected chi connectivity index (χ1v) is 27.5. The van der Waals surface area contributed by atoms with Crippen molar-refractivity contribution >= 4 is 195 Å². The summed E-state index contributed by atoms with van der Waals surface area (Å²) >= 11 is 37.7. The zero-order valence-electron chi connectivity index (χ0n) is 35.0. The van der Waals surface area contributed by atoms with Gasteiger partial charge in [0.2, 0.25) is 0 Å². The number of hydrogen-bond donors (Lipinski definition) is 10. The predicted molar refractivity (Wildman–Crippen MR) is 259 cm³/mol. The molecule has 336 valence electrons. The molecule has 0 aromatic heterocycles. The molecule has 0 aliphatic carbocycles. The Labute approximate surface area is 560 Å². The maximum atomic E-state index is 9.00. The van der Waals surface area contributed by atoms with E-state index in [0.717, 1.165) is 92.0 Å². The maximum absolute atomic E-state index is 9.00. The Morgan fingerprint density at radius 1 is 0.417 bits per heavy atom. The van der Waals surface area contributed by atoms with Gasteiger partial charge in [0.15, 0.2) is 0 Å². The van der Waals surface area contributed by atoms with Crippen LogP contribution < -0.4 is 253 Å². The van der Waals surface area contributed by atoms with Crippen molar-refractivity contribution in [1.29, 1.82) is 0 Å². The van der Waals surface area contributed by atoms with Gasteiger partial charge in [-0.3, -0.25) is 44.6 Å². The monoisotopic (exact) mass is 1230 g/mol. The molecule has 0 saturated carbocycles. The molecule has 2 amide bonds. The minimum atomic E-state index is -0.833. The molecule has 0 bridgehead atoms. The fourth-order valence-corrected chi connectivity index (χ4v) is 15.1. The molecule has 12 nitrogen and oxygen atoms in total. The summed E-state index contributed by atoms with van der Waals surface area (Å²) in [5.74, 6) is 15.2. The molecule has 0 aliphatic rings. The largest absolute Gasteiger partial charge is 1.00 e. The Morgan fingerprint density at radius 2 is 0.650 bits per heavy atom. The standard InChI is InChI=1S/C14H30N8S7.C10H22S7.CH4N2O.4ClH.5Na.H2O/c15-11(16)26-3-1-24-9(7-28-13(19)20)5-23-6-10(8-29-14(21)22)25-2-4-27-12(17)18;11-1-3-16-9(5-13)7-15-8-10(6-14)17-4-2-12;2-1(3)4;;;;;;;;;;/h9-10H,1-8H2,(H3,15,16)(H3,17,18)(H3,19,20)(H3,21,22);9-14H,1-8H2;(H4,2,3,4);4*1H;;;;;;1H2/q;;;;;;;5*+1;/p-5. The molecule has 0 radical (unpaired) electrons. The summed E-state index contributed by atoms with van der Waals surface area (Å²) < 4.78 is 0. The van der Waals surface area contributed by atoms with E-state index in [1.54, 1.807) is 0 Å². The first kappa shape index (κ1) is 101. The predicted octanol–water partition coefficient (Wildman–Crippen LogP) is -30.9. The summed E-state index contributed by atoms with van der Waals surface area (Å²) in [5.41, 5.74) is 30.7. The first-order valence-electron chi connectivity index (χ1n) is 14.7. The van der Waals surface area contributed by atoms with E-state index in [9.17, 15) is 0 Å². The first-order chi connectivity index (χ1) is 23.7. The van der Waals surface area contributed by atoms with Gasteiger partial charge in [-0.15, -0.1) is 0 Å². The second-order valence-corrected chi connectivity index (χ2v) is 22.9. The molecule has 35 heteroatoms. The summed E-state index contributed by atoms with van der Waals surface area (Å²) in [6.07, 6.45) is 0. The van der Waals surface area contributed by atoms with Gasteiger partial charge in [-0.05, 0) is 69.1 Å². The maximum Gasteiger partial charge on any atom is 1.00 e. The number of rotatable bonds is 28. The zero-order valence-corrected chi connectivity index (χ0v) is 59.4. The van der Waals surface area contributed by atoms with Gasteiger partial charge in [0.1, 0.15) is 0 Å². The van der Waals surface area contributed by atoms with E-state index in [4.69, 9.17) is 99.9 Å². The van der Waals surface area contributed by atoms with Crippen LogP contribution in [0.3, 0.4) is 0 Å². The zero-order chi connectivity index (χ0) is 38.6. The topological polar surface area (TPSA) is 306 Å². The quantitative estimate of drug-likeness (QED) is 0.0114. The number of carbonyl (C=O) groups excluding carboxylic acids is 1. The molecule has 21 N–H and O–H groups in total. The van der Waals surface area contributed by atoms with E-state index in [1.807, 2.05) is 70.6 Å². The van der Waals surface area contributed by atoms with Gasteiger partial charge in [0.25, 0.3) is 20.7 Å². The van der Waals surface area contributed by atoms with E-state index >= 15 is 0 Å². The summed E-state index contributed by atoms with van der Waals surface area (Å²) in [6, 6.07) is -0.833. The number of nitrogens with two attached hydrogens (primary N) is 10. The number of hydrogen-bond acceptors (Lipinski definition) is 16. The van der Waals surface area contributed by atoms with E-state index in [-0.39, 0.29) is 203 Å². The molecule has 0 fully saturated rings. The number of primary amides is 2. The molecule has 0 aromatic carbocycles. The van der Waals surface area contributed by atoms with Gasteiger partial charge >= 0.3 is 154 Å². The number of carbonyl (C=O) groups is 1. The number of urea groups is 1. The third-order valence-corrected chi connectivity index (χ3v) is 19.5. The van der Waals surface area contributed by atoms with Crippen LogP contribution in [-0.4, -0.2) is 145 Å². The van der Waals surface area contributed by atoms with Gasteiger partial charge in [0, 0.05) is 68.0 Å². The number of thioether (sulfide) groups is 10. The molecule has 4 atom stereocenters. The van der Waals surface area contributed by atoms with Crippen molar-refractivity contribution in [1.82, 2.24) is 0 Å². The van der Waals surface area contributed by atoms with Crippen molar-refractivity contribution in [3.8, 4) is 0 Å². The average Bonchev–Trinajstić information content (AvgIpc) is 3.04. The Morgan fingerprint density at radius 3 is 0.867 bits per heavy atom. The van der Waals surface area contributed by atoms with Gasteiger partial charge < -0.3 is 117 Å². The summed E-state index contributed by atoms with van der Waals surface area (Å²) in [5, 5.41) is 25.9. The van der Waals surface area contributed by atoms with Gasteiger partial charge in [-0.2, -0.15) is 93.6 Å². The Kier molecular flexibility index (Phi) is 132. The normalized spacial score (nSPS) is 10.9. The average molecular weight is 1240 g/mol. The third kappa shape index (κ3) is 89.1. The van der Waals surface area contributed by atoms with Crippen LogP contribution in [0.2, 0.25) is 0 Å². The summed E-state index contributed by atoms with van der Waals surface area (Å²) in [7, 11) is 0. The summed E-state index contributed by atoms with van der Waals surface area (Å²) in [6.45, 7) is 0. The molecule has 0 rings (SSSR count). The van der Waals surface area contributed by atoms with Crippen LogP contribution in [0.5, 0.6) is 0 Å². The Bertz CT molecular complexity index is 874. The third-order valence-electron chi connectivity index (χ3n) is 4.74. The Balaban J connectivity index is -0.0000000568. The second-order valence-electron chi connectivity index (χ2n) is 9.12. The molecule has 0 aromatic rings. The number of amides is 2. The molecule has 4 unspecified atom stereocenters. The minimum absolute atomic E-state index is 0. The van der Waals surface area contributed by atoms with Crippen molar-refractivity contribution < 1.29 is 229 Å². The molecular weight excluding hydrogens is 1180 g/mol. The fraction of sp³-hybridized carbons (Fsp3) is 0.800. The van der Waals surface area contributed by atoms with Crippen molar-refractivity contribution in [2.24, 2.45) is 34.4 Å². The SMILES string of the molecule is NC(=[NH2+])SCCSC(CSCC(CSC(N)=[NH2+])SCCSC(N)=[NH2+])CSC(N)=[NH2+].NC(N)=O.[Cl-].[Cl-].[Cl-].[Cl-].[Na+].[Na+].[Na+].[Na+].[Na+].[OH-].[S-]CCSC(C[S-])CSCC(C[S-])SCC[S-]. The number of halogens is 4. The minimum Gasteiger partial charge on any atom is -1.00 e. The van der Waals surface area contributed by atoms with E-state index in [0.29, 0.717) is 41.7 Å². The van der Waals surface area contributed by atoms with E-state index in [1.165, 1.54) is 47.0 Å². The molecular formula is C25H57Cl4N10Na5O2S14. The van der Waals surface area contributed by atoms with Crippen LogP contribution in [0.15, 0.2) is 0 Å².